The number of methoxy groups -OCH3 is 1. The highest BCUT2D eigenvalue weighted by Crippen LogP contribution is 2.26. The molecule has 3 heteroatoms. The molecule has 0 radical (unpaired) electrons. The van der Waals surface area contributed by atoms with Crippen LogP contribution >= 0.6 is 0 Å². The first-order chi connectivity index (χ1) is 8.17. The van der Waals surface area contributed by atoms with E-state index in [1.165, 1.54) is 39.2 Å². The summed E-state index contributed by atoms with van der Waals surface area (Å²) in [6, 6.07) is 0.625. The topological polar surface area (TPSA) is 38.3 Å². The van der Waals surface area contributed by atoms with Gasteiger partial charge >= 0.3 is 5.97 Å². The number of nitrogens with one attached hydrogen (secondary N) is 1. The summed E-state index contributed by atoms with van der Waals surface area (Å²) in [5.74, 6) is 0.696. The van der Waals surface area contributed by atoms with Crippen LogP contribution in [0.1, 0.15) is 46.0 Å². The average molecular weight is 239 g/mol. The van der Waals surface area contributed by atoms with Crippen molar-refractivity contribution < 1.29 is 9.53 Å². The second-order valence-electron chi connectivity index (χ2n) is 4.91. The number of hydrogen-bond acceptors (Lipinski definition) is 3. The van der Waals surface area contributed by atoms with Crippen molar-refractivity contribution in [3.63, 3.8) is 0 Å². The number of ether oxygens (including phenoxy) is 1. The molecule has 0 heterocycles. The van der Waals surface area contributed by atoms with Gasteiger partial charge in [0.25, 0.3) is 0 Å². The number of carbonyl (C=O) groups is 1. The van der Waals surface area contributed by atoms with Crippen LogP contribution in [0.3, 0.4) is 0 Å². The minimum absolute atomic E-state index is 0.235. The second-order valence-corrected chi connectivity index (χ2v) is 4.91. The lowest BCUT2D eigenvalue weighted by Gasteiger charge is -2.28. The van der Waals surface area contributed by atoms with Crippen LogP contribution < -0.4 is 5.32 Å². The van der Waals surface area contributed by atoms with E-state index in [0.29, 0.717) is 11.6 Å². The van der Waals surface area contributed by atoms with E-state index in [1.807, 2.05) is 6.08 Å². The SMILES string of the molecule is CCC1CCC(NC/C=C(/C)C(=O)OC)CC1. The van der Waals surface area contributed by atoms with Crippen molar-refractivity contribution in [1.29, 1.82) is 0 Å². The quantitative estimate of drug-likeness (QED) is 0.592. The fourth-order valence-corrected chi connectivity index (χ4v) is 2.40. The van der Waals surface area contributed by atoms with Gasteiger partial charge < -0.3 is 10.1 Å². The molecule has 1 saturated carbocycles. The molecule has 98 valence electrons. The van der Waals surface area contributed by atoms with E-state index in [0.717, 1.165) is 12.5 Å². The van der Waals surface area contributed by atoms with Gasteiger partial charge in [-0.25, -0.2) is 4.79 Å². The first kappa shape index (κ1) is 14.2. The maximum absolute atomic E-state index is 11.2. The van der Waals surface area contributed by atoms with Crippen LogP contribution in [0.2, 0.25) is 0 Å². The van der Waals surface area contributed by atoms with E-state index in [2.05, 4.69) is 17.0 Å². The highest BCUT2D eigenvalue weighted by Gasteiger charge is 2.18. The van der Waals surface area contributed by atoms with Crippen molar-refractivity contribution in [3.05, 3.63) is 11.6 Å². The minimum Gasteiger partial charge on any atom is -0.466 e. The maximum Gasteiger partial charge on any atom is 0.333 e. The third kappa shape index (κ3) is 4.90. The van der Waals surface area contributed by atoms with Crippen molar-refractivity contribution in [2.75, 3.05) is 13.7 Å². The van der Waals surface area contributed by atoms with E-state index in [9.17, 15) is 4.79 Å². The summed E-state index contributed by atoms with van der Waals surface area (Å²) in [5, 5.41) is 3.49. The summed E-state index contributed by atoms with van der Waals surface area (Å²) < 4.78 is 4.65. The predicted octanol–water partition coefficient (Wildman–Crippen LogP) is 2.66. The Morgan fingerprint density at radius 3 is 2.53 bits per heavy atom. The van der Waals surface area contributed by atoms with Gasteiger partial charge in [0.05, 0.1) is 7.11 Å². The van der Waals surface area contributed by atoms with Crippen LogP contribution in [0.25, 0.3) is 0 Å². The Hall–Kier alpha value is -0.830. The predicted molar refractivity (Wildman–Crippen MR) is 69.8 cm³/mol. The Morgan fingerprint density at radius 1 is 1.35 bits per heavy atom. The van der Waals surface area contributed by atoms with E-state index in [4.69, 9.17) is 0 Å². The summed E-state index contributed by atoms with van der Waals surface area (Å²) in [6.07, 6.45) is 8.45. The first-order valence-corrected chi connectivity index (χ1v) is 6.65. The van der Waals surface area contributed by atoms with Crippen molar-refractivity contribution in [2.24, 2.45) is 5.92 Å². The van der Waals surface area contributed by atoms with Crippen molar-refractivity contribution in [3.8, 4) is 0 Å². The van der Waals surface area contributed by atoms with E-state index in [1.54, 1.807) is 6.92 Å². The van der Waals surface area contributed by atoms with Gasteiger partial charge in [-0.2, -0.15) is 0 Å². The third-order valence-corrected chi connectivity index (χ3v) is 3.75. The molecule has 0 aromatic carbocycles. The average Bonchev–Trinajstić information content (AvgIpc) is 2.38. The van der Waals surface area contributed by atoms with E-state index < -0.39 is 0 Å². The normalized spacial score (nSPS) is 25.7. The molecule has 3 nitrogen and oxygen atoms in total. The van der Waals surface area contributed by atoms with Gasteiger partial charge in [-0.1, -0.05) is 19.4 Å². The minimum atomic E-state index is -0.235. The summed E-state index contributed by atoms with van der Waals surface area (Å²) in [4.78, 5) is 11.2. The molecule has 0 spiro atoms. The highest BCUT2D eigenvalue weighted by atomic mass is 16.5. The maximum atomic E-state index is 11.2. The lowest BCUT2D eigenvalue weighted by atomic mass is 9.84. The van der Waals surface area contributed by atoms with Gasteiger partial charge in [0, 0.05) is 18.2 Å². The third-order valence-electron chi connectivity index (χ3n) is 3.75. The molecular formula is C14H25NO2. The molecule has 0 aliphatic heterocycles. The van der Waals surface area contributed by atoms with Gasteiger partial charge in [0.15, 0.2) is 0 Å². The van der Waals surface area contributed by atoms with Crippen molar-refractivity contribution in [2.45, 2.75) is 52.0 Å². The molecule has 0 bridgehead atoms. The monoisotopic (exact) mass is 239 g/mol. The van der Waals surface area contributed by atoms with Crippen LogP contribution in [-0.2, 0) is 9.53 Å². The molecule has 1 rings (SSSR count). The van der Waals surface area contributed by atoms with Crippen LogP contribution in [0, 0.1) is 5.92 Å². The van der Waals surface area contributed by atoms with Crippen LogP contribution in [-0.4, -0.2) is 25.7 Å². The number of rotatable bonds is 5. The largest absolute Gasteiger partial charge is 0.466 e. The summed E-state index contributed by atoms with van der Waals surface area (Å²) in [6.45, 7) is 4.84. The standard InChI is InChI=1S/C14H25NO2/c1-4-12-5-7-13(8-6-12)15-10-9-11(2)14(16)17-3/h9,12-13,15H,4-8,10H2,1-3H3/b11-9-. The molecule has 0 aromatic rings. The van der Waals surface area contributed by atoms with Gasteiger partial charge in [-0.15, -0.1) is 0 Å². The van der Waals surface area contributed by atoms with Crippen LogP contribution in [0.15, 0.2) is 11.6 Å². The molecule has 0 unspecified atom stereocenters. The van der Waals surface area contributed by atoms with Crippen LogP contribution in [0.5, 0.6) is 0 Å². The summed E-state index contributed by atoms with van der Waals surface area (Å²) >= 11 is 0. The molecule has 0 amide bonds. The van der Waals surface area contributed by atoms with Crippen molar-refractivity contribution in [1.82, 2.24) is 5.32 Å². The van der Waals surface area contributed by atoms with Gasteiger partial charge in [-0.3, -0.25) is 0 Å². The highest BCUT2D eigenvalue weighted by molar-refractivity contribution is 5.87. The van der Waals surface area contributed by atoms with Gasteiger partial charge in [-0.05, 0) is 38.5 Å². The van der Waals surface area contributed by atoms with Gasteiger partial charge in [0.2, 0.25) is 0 Å². The number of hydrogen-bond donors (Lipinski definition) is 1. The molecule has 1 N–H and O–H groups in total. The first-order valence-electron chi connectivity index (χ1n) is 6.65. The molecule has 1 fully saturated rings. The zero-order valence-corrected chi connectivity index (χ0v) is 11.3. The van der Waals surface area contributed by atoms with E-state index in [-0.39, 0.29) is 5.97 Å². The zero-order valence-electron chi connectivity index (χ0n) is 11.3. The zero-order chi connectivity index (χ0) is 12.7. The molecule has 1 aliphatic rings. The smallest absolute Gasteiger partial charge is 0.333 e. The number of carbonyl (C=O) groups excluding carboxylic acids is 1. The fourth-order valence-electron chi connectivity index (χ4n) is 2.40. The molecule has 1 aliphatic carbocycles. The van der Waals surface area contributed by atoms with E-state index >= 15 is 0 Å². The Morgan fingerprint density at radius 2 is 2.00 bits per heavy atom. The fraction of sp³-hybridized carbons (Fsp3) is 0.786. The number of esters is 1. The lowest BCUT2D eigenvalue weighted by molar-refractivity contribution is -0.136. The molecular weight excluding hydrogens is 214 g/mol. The molecule has 17 heavy (non-hydrogen) atoms. The summed E-state index contributed by atoms with van der Waals surface area (Å²) in [7, 11) is 1.42. The van der Waals surface area contributed by atoms with Crippen molar-refractivity contribution >= 4 is 5.97 Å². The molecule has 0 aromatic heterocycles. The Balaban J connectivity index is 2.21. The summed E-state index contributed by atoms with van der Waals surface area (Å²) in [5.41, 5.74) is 0.683. The Bertz CT molecular complexity index is 265. The van der Waals surface area contributed by atoms with Crippen LogP contribution in [0.4, 0.5) is 0 Å². The lowest BCUT2D eigenvalue weighted by Crippen LogP contribution is -2.33. The molecule has 0 atom stereocenters. The Kier molecular flexibility index (Phi) is 6.27. The van der Waals surface area contributed by atoms with Gasteiger partial charge in [0.1, 0.15) is 0 Å². The molecule has 0 saturated heterocycles. The second kappa shape index (κ2) is 7.49. The Labute approximate surface area is 105 Å².